The van der Waals surface area contributed by atoms with Crippen molar-refractivity contribution in [2.45, 2.75) is 13.0 Å². The molecule has 1 heterocycles. The number of halogens is 1. The van der Waals surface area contributed by atoms with Crippen LogP contribution < -0.4 is 5.69 Å². The predicted molar refractivity (Wildman–Crippen MR) is 81.9 cm³/mol. The Morgan fingerprint density at radius 1 is 1.10 bits per heavy atom. The van der Waals surface area contributed by atoms with E-state index in [1.54, 1.807) is 12.1 Å². The highest BCUT2D eigenvalue weighted by molar-refractivity contribution is 9.10. The average Bonchev–Trinajstić information content (AvgIpc) is 2.79. The van der Waals surface area contributed by atoms with Gasteiger partial charge in [-0.05, 0) is 47.9 Å². The van der Waals surface area contributed by atoms with Crippen LogP contribution in [0.15, 0.2) is 45.7 Å². The van der Waals surface area contributed by atoms with Gasteiger partial charge < -0.3 is 15.1 Å². The first-order chi connectivity index (χ1) is 9.54. The molecule has 0 aliphatic carbocycles. The van der Waals surface area contributed by atoms with Gasteiger partial charge in [0.05, 0.1) is 11.0 Å². The summed E-state index contributed by atoms with van der Waals surface area (Å²) in [7, 11) is 0. The van der Waals surface area contributed by atoms with E-state index in [9.17, 15) is 9.90 Å². The third kappa shape index (κ3) is 2.30. The summed E-state index contributed by atoms with van der Waals surface area (Å²) in [6.07, 6.45) is -0.727. The summed E-state index contributed by atoms with van der Waals surface area (Å²) in [6.45, 7) is 1.96. The second-order valence-electron chi connectivity index (χ2n) is 4.79. The van der Waals surface area contributed by atoms with E-state index >= 15 is 0 Å². The Balaban J connectivity index is 2.09. The van der Waals surface area contributed by atoms with Crippen molar-refractivity contribution in [2.24, 2.45) is 0 Å². The van der Waals surface area contributed by atoms with Gasteiger partial charge in [-0.1, -0.05) is 28.1 Å². The minimum absolute atomic E-state index is 0.245. The molecule has 0 spiro atoms. The molecular weight excluding hydrogens is 320 g/mol. The van der Waals surface area contributed by atoms with E-state index in [1.807, 2.05) is 31.2 Å². The molecule has 0 aliphatic heterocycles. The van der Waals surface area contributed by atoms with E-state index in [1.165, 1.54) is 0 Å². The Hall–Kier alpha value is -1.85. The lowest BCUT2D eigenvalue weighted by Crippen LogP contribution is -2.02. The van der Waals surface area contributed by atoms with Crippen LogP contribution in [0.3, 0.4) is 0 Å². The van der Waals surface area contributed by atoms with Crippen LogP contribution in [0.1, 0.15) is 22.8 Å². The van der Waals surface area contributed by atoms with Crippen molar-refractivity contribution < 1.29 is 5.11 Å². The van der Waals surface area contributed by atoms with Crippen LogP contribution in [0.4, 0.5) is 0 Å². The number of rotatable bonds is 2. The molecule has 20 heavy (non-hydrogen) atoms. The van der Waals surface area contributed by atoms with E-state index in [0.29, 0.717) is 5.52 Å². The van der Waals surface area contributed by atoms with Crippen LogP contribution in [-0.4, -0.2) is 15.1 Å². The minimum Gasteiger partial charge on any atom is -0.384 e. The molecule has 0 bridgehead atoms. The molecule has 0 radical (unpaired) electrons. The number of aromatic amines is 2. The topological polar surface area (TPSA) is 68.9 Å². The van der Waals surface area contributed by atoms with Gasteiger partial charge in [-0.2, -0.15) is 0 Å². The van der Waals surface area contributed by atoms with Crippen molar-refractivity contribution in [3.8, 4) is 0 Å². The van der Waals surface area contributed by atoms with Gasteiger partial charge in [-0.3, -0.25) is 0 Å². The van der Waals surface area contributed by atoms with Gasteiger partial charge in [-0.25, -0.2) is 4.79 Å². The maximum atomic E-state index is 11.3. The Labute approximate surface area is 123 Å². The molecule has 2 aromatic carbocycles. The first-order valence-electron chi connectivity index (χ1n) is 6.20. The monoisotopic (exact) mass is 332 g/mol. The number of H-pyrrole nitrogens is 2. The molecule has 0 fully saturated rings. The number of benzene rings is 2. The van der Waals surface area contributed by atoms with E-state index in [0.717, 1.165) is 26.7 Å². The molecule has 5 heteroatoms. The van der Waals surface area contributed by atoms with Gasteiger partial charge in [0.25, 0.3) is 0 Å². The second kappa shape index (κ2) is 4.92. The summed E-state index contributed by atoms with van der Waals surface area (Å²) in [4.78, 5) is 16.6. The van der Waals surface area contributed by atoms with Crippen molar-refractivity contribution in [3.63, 3.8) is 0 Å². The summed E-state index contributed by atoms with van der Waals surface area (Å²) < 4.78 is 0.924. The lowest BCUT2D eigenvalue weighted by molar-refractivity contribution is 0.219. The molecule has 0 aliphatic rings. The molecule has 3 N–H and O–H groups in total. The second-order valence-corrected chi connectivity index (χ2v) is 5.70. The van der Waals surface area contributed by atoms with Crippen LogP contribution >= 0.6 is 15.9 Å². The third-order valence-electron chi connectivity index (χ3n) is 3.39. The Morgan fingerprint density at radius 3 is 2.65 bits per heavy atom. The van der Waals surface area contributed by atoms with E-state index in [2.05, 4.69) is 25.9 Å². The fourth-order valence-electron chi connectivity index (χ4n) is 2.31. The van der Waals surface area contributed by atoms with Crippen molar-refractivity contribution in [3.05, 3.63) is 68.0 Å². The summed E-state index contributed by atoms with van der Waals surface area (Å²) in [5, 5.41) is 10.5. The first-order valence-corrected chi connectivity index (χ1v) is 7.00. The van der Waals surface area contributed by atoms with Gasteiger partial charge >= 0.3 is 5.69 Å². The Kier molecular flexibility index (Phi) is 3.23. The zero-order valence-electron chi connectivity index (χ0n) is 10.8. The number of fused-ring (bicyclic) bond motifs is 1. The Morgan fingerprint density at radius 2 is 1.85 bits per heavy atom. The van der Waals surface area contributed by atoms with Crippen molar-refractivity contribution in [1.29, 1.82) is 0 Å². The number of hydrogen-bond donors (Lipinski definition) is 3. The third-order valence-corrected chi connectivity index (χ3v) is 3.88. The highest BCUT2D eigenvalue weighted by Crippen LogP contribution is 2.28. The van der Waals surface area contributed by atoms with E-state index < -0.39 is 6.10 Å². The van der Waals surface area contributed by atoms with Crippen LogP contribution in [0.2, 0.25) is 0 Å². The lowest BCUT2D eigenvalue weighted by atomic mass is 9.97. The Bertz CT molecular complexity index is 835. The molecule has 1 unspecified atom stereocenters. The van der Waals surface area contributed by atoms with Crippen molar-refractivity contribution >= 4 is 27.0 Å². The predicted octanol–water partition coefficient (Wildman–Crippen LogP) is 3.01. The highest BCUT2D eigenvalue weighted by Gasteiger charge is 2.14. The number of imidazole rings is 1. The minimum atomic E-state index is -0.727. The zero-order chi connectivity index (χ0) is 14.3. The number of nitrogens with one attached hydrogen (secondary N) is 2. The molecule has 1 atom stereocenters. The summed E-state index contributed by atoms with van der Waals surface area (Å²) in [5.74, 6) is 0. The fraction of sp³-hybridized carbons (Fsp3) is 0.133. The average molecular weight is 333 g/mol. The number of aryl methyl sites for hydroxylation is 1. The van der Waals surface area contributed by atoms with Gasteiger partial charge in [0.2, 0.25) is 0 Å². The molecule has 3 rings (SSSR count). The number of hydrogen-bond acceptors (Lipinski definition) is 2. The van der Waals surface area contributed by atoms with Gasteiger partial charge in [0.15, 0.2) is 0 Å². The van der Waals surface area contributed by atoms with Crippen LogP contribution in [0, 0.1) is 6.92 Å². The summed E-state index contributed by atoms with van der Waals surface area (Å²) in [6, 6.07) is 11.2. The molecule has 3 aromatic rings. The highest BCUT2D eigenvalue weighted by atomic mass is 79.9. The van der Waals surface area contributed by atoms with E-state index in [4.69, 9.17) is 0 Å². The lowest BCUT2D eigenvalue weighted by Gasteiger charge is -2.14. The number of aliphatic hydroxyl groups is 1. The molecule has 1 aromatic heterocycles. The molecule has 102 valence electrons. The number of aromatic nitrogens is 2. The van der Waals surface area contributed by atoms with Crippen molar-refractivity contribution in [2.75, 3.05) is 0 Å². The summed E-state index contributed by atoms with van der Waals surface area (Å²) in [5.41, 5.74) is 3.79. The zero-order valence-corrected chi connectivity index (χ0v) is 12.4. The molecule has 0 saturated heterocycles. The number of aliphatic hydroxyl groups excluding tert-OH is 1. The van der Waals surface area contributed by atoms with Gasteiger partial charge in [0.1, 0.15) is 6.10 Å². The molecule has 0 saturated carbocycles. The molecular formula is C15H13BrN2O2. The first kappa shape index (κ1) is 13.1. The molecule has 0 amide bonds. The smallest absolute Gasteiger partial charge is 0.323 e. The van der Waals surface area contributed by atoms with Crippen LogP contribution in [0.25, 0.3) is 11.0 Å². The molecule has 4 nitrogen and oxygen atoms in total. The van der Waals surface area contributed by atoms with Crippen LogP contribution in [0.5, 0.6) is 0 Å². The quantitative estimate of drug-likeness (QED) is 0.675. The van der Waals surface area contributed by atoms with Gasteiger partial charge in [-0.15, -0.1) is 0 Å². The van der Waals surface area contributed by atoms with Crippen LogP contribution in [-0.2, 0) is 0 Å². The van der Waals surface area contributed by atoms with Gasteiger partial charge in [0, 0.05) is 4.47 Å². The fourth-order valence-corrected chi connectivity index (χ4v) is 2.68. The SMILES string of the molecule is Cc1ccc(Br)cc1C(O)c1ccc2[nH]c(=O)[nH]c2c1. The van der Waals surface area contributed by atoms with Crippen molar-refractivity contribution in [1.82, 2.24) is 9.97 Å². The maximum absolute atomic E-state index is 11.3. The maximum Gasteiger partial charge on any atom is 0.323 e. The largest absolute Gasteiger partial charge is 0.384 e. The van der Waals surface area contributed by atoms with E-state index in [-0.39, 0.29) is 5.69 Å². The standard InChI is InChI=1S/C15H13BrN2O2/c1-8-2-4-10(16)7-11(8)14(19)9-3-5-12-13(6-9)18-15(20)17-12/h2-7,14,19H,1H3,(H2,17,18,20). The normalized spacial score (nSPS) is 12.8. The summed E-state index contributed by atoms with van der Waals surface area (Å²) >= 11 is 3.42.